The lowest BCUT2D eigenvalue weighted by Crippen LogP contribution is -2.27. The molecule has 1 aromatic heterocycles. The van der Waals surface area contributed by atoms with Gasteiger partial charge in [-0.2, -0.15) is 0 Å². The molecule has 1 heterocycles. The Morgan fingerprint density at radius 2 is 1.92 bits per heavy atom. The van der Waals surface area contributed by atoms with Crippen LogP contribution in [0.1, 0.15) is 39.0 Å². The minimum Gasteiger partial charge on any atom is -0.495 e. The lowest BCUT2D eigenvalue weighted by Gasteiger charge is -2.15. The summed E-state index contributed by atoms with van der Waals surface area (Å²) in [6.45, 7) is 5.20. The van der Waals surface area contributed by atoms with Crippen LogP contribution in [0.25, 0.3) is 0 Å². The summed E-state index contributed by atoms with van der Waals surface area (Å²) in [6.07, 6.45) is 0. The topological polar surface area (TPSA) is 80.4 Å². The lowest BCUT2D eigenvalue weighted by molar-refractivity contribution is 0.0599. The fraction of sp³-hybridized carbons (Fsp3) is 0.333. The Kier molecular flexibility index (Phi) is 5.74. The maximum Gasteiger partial charge on any atom is 0.339 e. The van der Waals surface area contributed by atoms with Gasteiger partial charge in [-0.25, -0.2) is 4.79 Å². The molecule has 1 aromatic carbocycles. The molecule has 0 radical (unpaired) electrons. The number of ketones is 1. The molecule has 0 bridgehead atoms. The molecule has 6 nitrogen and oxygen atoms in total. The van der Waals surface area contributed by atoms with Crippen LogP contribution >= 0.6 is 11.6 Å². The number of hydrogen-bond donors (Lipinski definition) is 2. The van der Waals surface area contributed by atoms with E-state index >= 15 is 0 Å². The Balaban J connectivity index is 2.23. The molecule has 134 valence electrons. The first-order valence-corrected chi connectivity index (χ1v) is 8.09. The van der Waals surface area contributed by atoms with Crippen molar-refractivity contribution in [3.05, 3.63) is 45.7 Å². The number of aromatic amines is 1. The number of methoxy groups -OCH3 is 2. The van der Waals surface area contributed by atoms with Crippen molar-refractivity contribution in [1.82, 2.24) is 4.98 Å². The van der Waals surface area contributed by atoms with Crippen LogP contribution in [-0.4, -0.2) is 37.0 Å². The number of ether oxygens (including phenoxy) is 2. The standard InChI is InChI=1S/C18H21ClN2O4/c1-9-15(18(23)25-5)10(2)21-16(9)17(22)11(3)20-12-6-7-14(24-4)13(19)8-12/h6-8,11,20-21H,1-5H3. The molecule has 0 amide bonds. The lowest BCUT2D eigenvalue weighted by atomic mass is 10.0. The monoisotopic (exact) mass is 364 g/mol. The molecule has 7 heteroatoms. The summed E-state index contributed by atoms with van der Waals surface area (Å²) in [6, 6.07) is 4.67. The summed E-state index contributed by atoms with van der Waals surface area (Å²) in [7, 11) is 2.85. The predicted molar refractivity (Wildman–Crippen MR) is 97.0 cm³/mol. The maximum atomic E-state index is 12.8. The van der Waals surface area contributed by atoms with Crippen LogP contribution in [-0.2, 0) is 4.74 Å². The highest BCUT2D eigenvalue weighted by Crippen LogP contribution is 2.28. The number of hydrogen-bond acceptors (Lipinski definition) is 5. The number of aryl methyl sites for hydroxylation is 1. The Morgan fingerprint density at radius 1 is 1.24 bits per heavy atom. The number of H-pyrrole nitrogens is 1. The van der Waals surface area contributed by atoms with E-state index in [1.165, 1.54) is 14.2 Å². The van der Waals surface area contributed by atoms with Crippen LogP contribution in [0, 0.1) is 13.8 Å². The fourth-order valence-corrected chi connectivity index (χ4v) is 2.95. The average Bonchev–Trinajstić information content (AvgIpc) is 2.88. The third-order valence-electron chi connectivity index (χ3n) is 4.00. The summed E-state index contributed by atoms with van der Waals surface area (Å²) in [4.78, 5) is 27.6. The molecule has 0 aliphatic rings. The number of halogens is 1. The van der Waals surface area contributed by atoms with Gasteiger partial charge in [0.1, 0.15) is 5.75 Å². The summed E-state index contributed by atoms with van der Waals surface area (Å²) in [5.74, 6) is -0.0692. The Labute approximate surface area is 151 Å². The van der Waals surface area contributed by atoms with E-state index in [4.69, 9.17) is 21.1 Å². The van der Waals surface area contributed by atoms with Crippen molar-refractivity contribution < 1.29 is 19.1 Å². The normalized spacial score (nSPS) is 11.8. The van der Waals surface area contributed by atoms with Crippen molar-refractivity contribution in [2.24, 2.45) is 0 Å². The SMILES string of the molecule is COC(=O)c1c(C)[nH]c(C(=O)C(C)Nc2ccc(OC)c(Cl)c2)c1C. The molecule has 0 aliphatic heterocycles. The van der Waals surface area contributed by atoms with Gasteiger partial charge in [0.15, 0.2) is 0 Å². The quantitative estimate of drug-likeness (QED) is 0.602. The zero-order valence-corrected chi connectivity index (χ0v) is 15.6. The number of carbonyl (C=O) groups is 2. The molecule has 0 saturated carbocycles. The van der Waals surface area contributed by atoms with E-state index in [1.807, 2.05) is 0 Å². The second-order valence-corrected chi connectivity index (χ2v) is 6.10. The number of rotatable bonds is 6. The summed E-state index contributed by atoms with van der Waals surface area (Å²) < 4.78 is 9.88. The molecule has 0 aliphatic carbocycles. The molecule has 1 atom stereocenters. The van der Waals surface area contributed by atoms with E-state index in [-0.39, 0.29) is 5.78 Å². The van der Waals surface area contributed by atoms with Crippen molar-refractivity contribution in [1.29, 1.82) is 0 Å². The van der Waals surface area contributed by atoms with Crippen molar-refractivity contribution in [3.63, 3.8) is 0 Å². The van der Waals surface area contributed by atoms with Gasteiger partial charge in [-0.3, -0.25) is 4.79 Å². The predicted octanol–water partition coefficient (Wildman–Crippen LogP) is 3.76. The molecular weight excluding hydrogens is 344 g/mol. The Morgan fingerprint density at radius 3 is 2.48 bits per heavy atom. The number of anilines is 1. The van der Waals surface area contributed by atoms with Crippen molar-refractivity contribution in [2.75, 3.05) is 19.5 Å². The van der Waals surface area contributed by atoms with E-state index in [0.29, 0.717) is 39.0 Å². The highest BCUT2D eigenvalue weighted by atomic mass is 35.5. The van der Waals surface area contributed by atoms with Gasteiger partial charge in [-0.1, -0.05) is 11.6 Å². The van der Waals surface area contributed by atoms with Crippen molar-refractivity contribution >= 4 is 29.0 Å². The molecule has 0 saturated heterocycles. The molecule has 2 N–H and O–H groups in total. The van der Waals surface area contributed by atoms with Crippen molar-refractivity contribution in [2.45, 2.75) is 26.8 Å². The van der Waals surface area contributed by atoms with Gasteiger partial charge in [0.05, 0.1) is 36.5 Å². The molecular formula is C18H21ClN2O4. The number of Topliss-reactive ketones (excluding diaryl/α,β-unsaturated/α-hetero) is 1. The van der Waals surface area contributed by atoms with Gasteiger partial charge in [0.2, 0.25) is 5.78 Å². The number of nitrogens with one attached hydrogen (secondary N) is 2. The molecule has 0 fully saturated rings. The van der Waals surface area contributed by atoms with E-state index in [1.54, 1.807) is 39.0 Å². The van der Waals surface area contributed by atoms with Crippen molar-refractivity contribution in [3.8, 4) is 5.75 Å². The second kappa shape index (κ2) is 7.61. The van der Waals surface area contributed by atoms with E-state index in [9.17, 15) is 9.59 Å². The van der Waals surface area contributed by atoms with Crippen LogP contribution < -0.4 is 10.1 Å². The largest absolute Gasteiger partial charge is 0.495 e. The smallest absolute Gasteiger partial charge is 0.339 e. The molecule has 0 spiro atoms. The average molecular weight is 365 g/mol. The van der Waals surface area contributed by atoms with E-state index in [0.717, 1.165) is 0 Å². The minimum atomic E-state index is -0.522. The van der Waals surface area contributed by atoms with Gasteiger partial charge < -0.3 is 19.8 Å². The van der Waals surface area contributed by atoms with Crippen LogP contribution in [0.4, 0.5) is 5.69 Å². The summed E-state index contributed by atoms with van der Waals surface area (Å²) in [5.41, 5.74) is 2.66. The van der Waals surface area contributed by atoms with E-state index < -0.39 is 12.0 Å². The minimum absolute atomic E-state index is 0.164. The number of benzene rings is 1. The second-order valence-electron chi connectivity index (χ2n) is 5.70. The third-order valence-corrected chi connectivity index (χ3v) is 4.30. The highest BCUT2D eigenvalue weighted by Gasteiger charge is 2.25. The maximum absolute atomic E-state index is 12.8. The Bertz CT molecular complexity index is 814. The van der Waals surface area contributed by atoms with Crippen LogP contribution in [0.2, 0.25) is 5.02 Å². The third kappa shape index (κ3) is 3.79. The first kappa shape index (κ1) is 18.9. The van der Waals surface area contributed by atoms with Gasteiger partial charge in [-0.05, 0) is 44.5 Å². The number of aromatic nitrogens is 1. The number of esters is 1. The van der Waals surface area contributed by atoms with Gasteiger partial charge in [0, 0.05) is 11.4 Å². The first-order valence-electron chi connectivity index (χ1n) is 7.71. The molecule has 25 heavy (non-hydrogen) atoms. The van der Waals surface area contributed by atoms with Gasteiger partial charge in [-0.15, -0.1) is 0 Å². The highest BCUT2D eigenvalue weighted by molar-refractivity contribution is 6.32. The molecule has 2 aromatic rings. The molecule has 1 unspecified atom stereocenters. The van der Waals surface area contributed by atoms with Crippen LogP contribution in [0.3, 0.4) is 0 Å². The van der Waals surface area contributed by atoms with Gasteiger partial charge >= 0.3 is 5.97 Å². The molecule has 2 rings (SSSR count). The fourth-order valence-electron chi connectivity index (χ4n) is 2.69. The summed E-state index contributed by atoms with van der Waals surface area (Å²) >= 11 is 6.10. The van der Waals surface area contributed by atoms with Gasteiger partial charge in [0.25, 0.3) is 0 Å². The zero-order valence-electron chi connectivity index (χ0n) is 14.8. The zero-order chi connectivity index (χ0) is 18.7. The number of carbonyl (C=O) groups excluding carboxylic acids is 2. The van der Waals surface area contributed by atoms with E-state index in [2.05, 4.69) is 10.3 Å². The van der Waals surface area contributed by atoms with Crippen LogP contribution in [0.5, 0.6) is 5.75 Å². The first-order chi connectivity index (χ1) is 11.8. The summed E-state index contributed by atoms with van der Waals surface area (Å²) in [5, 5.41) is 3.56. The Hall–Kier alpha value is -2.47. The van der Waals surface area contributed by atoms with Crippen LogP contribution in [0.15, 0.2) is 18.2 Å².